The Balaban J connectivity index is 3.63. The highest BCUT2D eigenvalue weighted by molar-refractivity contribution is 5.81. The Hall–Kier alpha value is -0.870. The van der Waals surface area contributed by atoms with Gasteiger partial charge < -0.3 is 15.6 Å². The fourth-order valence-corrected chi connectivity index (χ4v) is 0.331. The van der Waals surface area contributed by atoms with E-state index in [4.69, 9.17) is 10.8 Å². The number of hydrogen-bond donors (Lipinski definition) is 2. The Morgan fingerprint density at radius 1 is 1.90 bits per heavy atom. The third-order valence-corrected chi connectivity index (χ3v) is 0.892. The van der Waals surface area contributed by atoms with Crippen LogP contribution in [0.4, 0.5) is 0 Å². The lowest BCUT2D eigenvalue weighted by Gasteiger charge is -1.97. The molecule has 4 nitrogen and oxygen atoms in total. The Kier molecular flexibility index (Phi) is 4.53. The van der Waals surface area contributed by atoms with E-state index in [1.807, 2.05) is 0 Å². The summed E-state index contributed by atoms with van der Waals surface area (Å²) in [5, 5.41) is 8.39. The van der Waals surface area contributed by atoms with Crippen molar-refractivity contribution in [1.82, 2.24) is 0 Å². The summed E-state index contributed by atoms with van der Waals surface area (Å²) in [7, 11) is 1.27. The molecule has 0 aromatic heterocycles. The molecule has 0 saturated heterocycles. The number of esters is 1. The van der Waals surface area contributed by atoms with E-state index in [0.717, 1.165) is 0 Å². The summed E-state index contributed by atoms with van der Waals surface area (Å²) in [5.74, 6) is -0.469. The molecule has 0 bridgehead atoms. The van der Waals surface area contributed by atoms with E-state index in [0.29, 0.717) is 0 Å². The first kappa shape index (κ1) is 9.13. The summed E-state index contributed by atoms with van der Waals surface area (Å²) in [4.78, 5) is 10.4. The Morgan fingerprint density at radius 2 is 2.50 bits per heavy atom. The Morgan fingerprint density at radius 3 is 2.90 bits per heavy atom. The maximum absolute atomic E-state index is 10.4. The van der Waals surface area contributed by atoms with Crippen molar-refractivity contribution in [1.29, 1.82) is 0 Å². The zero-order chi connectivity index (χ0) is 7.98. The predicted octanol–water partition coefficient (Wildman–Crippen LogP) is -0.965. The number of aliphatic hydroxyl groups is 1. The molecule has 0 heterocycles. The number of carbonyl (C=O) groups is 1. The Labute approximate surface area is 59.3 Å². The van der Waals surface area contributed by atoms with Crippen molar-refractivity contribution in [2.45, 2.75) is 6.04 Å². The van der Waals surface area contributed by atoms with Gasteiger partial charge in [0.1, 0.15) is 0 Å². The third-order valence-electron chi connectivity index (χ3n) is 0.892. The summed E-state index contributed by atoms with van der Waals surface area (Å²) in [6, 6.07) is -0.487. The predicted molar refractivity (Wildman–Crippen MR) is 36.2 cm³/mol. The molecule has 0 aliphatic carbocycles. The minimum Gasteiger partial charge on any atom is -0.466 e. The van der Waals surface area contributed by atoms with Crippen molar-refractivity contribution in [3.8, 4) is 0 Å². The van der Waals surface area contributed by atoms with Gasteiger partial charge in [0.25, 0.3) is 0 Å². The van der Waals surface area contributed by atoms with Crippen LogP contribution in [0.25, 0.3) is 0 Å². The molecule has 0 fully saturated rings. The van der Waals surface area contributed by atoms with Crippen LogP contribution >= 0.6 is 0 Å². The van der Waals surface area contributed by atoms with Gasteiger partial charge in [-0.1, -0.05) is 6.08 Å². The highest BCUT2D eigenvalue weighted by Crippen LogP contribution is 1.81. The summed E-state index contributed by atoms with van der Waals surface area (Å²) < 4.78 is 4.28. The van der Waals surface area contributed by atoms with Crippen LogP contribution < -0.4 is 5.73 Å². The molecule has 0 spiro atoms. The first-order chi connectivity index (χ1) is 4.70. The summed E-state index contributed by atoms with van der Waals surface area (Å²) in [6.45, 7) is -0.173. The van der Waals surface area contributed by atoms with Crippen LogP contribution in [0, 0.1) is 0 Å². The fourth-order valence-electron chi connectivity index (χ4n) is 0.331. The molecule has 4 heteroatoms. The quantitative estimate of drug-likeness (QED) is 0.396. The molecule has 58 valence electrons. The average molecular weight is 145 g/mol. The van der Waals surface area contributed by atoms with E-state index in [1.54, 1.807) is 0 Å². The lowest BCUT2D eigenvalue weighted by Crippen LogP contribution is -2.21. The molecule has 0 aromatic rings. The molecule has 0 aromatic carbocycles. The molecular weight excluding hydrogens is 134 g/mol. The van der Waals surface area contributed by atoms with Crippen LogP contribution in [0.1, 0.15) is 0 Å². The minimum atomic E-state index is -0.487. The van der Waals surface area contributed by atoms with Crippen molar-refractivity contribution in [3.63, 3.8) is 0 Å². The molecule has 0 saturated carbocycles. The van der Waals surface area contributed by atoms with E-state index in [1.165, 1.54) is 19.3 Å². The maximum atomic E-state index is 10.4. The van der Waals surface area contributed by atoms with Gasteiger partial charge in [-0.25, -0.2) is 4.79 Å². The second-order valence-corrected chi connectivity index (χ2v) is 1.73. The van der Waals surface area contributed by atoms with E-state index in [9.17, 15) is 4.79 Å². The normalized spacial score (nSPS) is 13.5. The maximum Gasteiger partial charge on any atom is 0.330 e. The van der Waals surface area contributed by atoms with Gasteiger partial charge in [0, 0.05) is 12.1 Å². The van der Waals surface area contributed by atoms with Crippen LogP contribution in [0.5, 0.6) is 0 Å². The minimum absolute atomic E-state index is 0.173. The molecule has 0 amide bonds. The van der Waals surface area contributed by atoms with Crippen molar-refractivity contribution >= 4 is 5.97 Å². The number of ether oxygens (including phenoxy) is 1. The van der Waals surface area contributed by atoms with Crippen molar-refractivity contribution in [2.24, 2.45) is 5.73 Å². The standard InChI is InChI=1S/C6H11NO3/c1-10-6(9)3-2-5(7)4-8/h2-3,5,8H,4,7H2,1H3/b3-2+/t5-/m0/s1. The summed E-state index contributed by atoms with van der Waals surface area (Å²) >= 11 is 0. The van der Waals surface area contributed by atoms with Crippen LogP contribution in [0.3, 0.4) is 0 Å². The zero-order valence-electron chi connectivity index (χ0n) is 5.78. The van der Waals surface area contributed by atoms with Gasteiger partial charge in [0.15, 0.2) is 0 Å². The van der Waals surface area contributed by atoms with Gasteiger partial charge in [-0.05, 0) is 0 Å². The van der Waals surface area contributed by atoms with Crippen molar-refractivity contribution < 1.29 is 14.6 Å². The van der Waals surface area contributed by atoms with Crippen LogP contribution in [-0.2, 0) is 9.53 Å². The van der Waals surface area contributed by atoms with E-state index < -0.39 is 12.0 Å². The molecule has 0 radical (unpaired) electrons. The van der Waals surface area contributed by atoms with Crippen LogP contribution in [-0.4, -0.2) is 30.8 Å². The molecule has 1 atom stereocenters. The molecule has 0 rings (SSSR count). The van der Waals surface area contributed by atoms with Gasteiger partial charge in [-0.3, -0.25) is 0 Å². The zero-order valence-corrected chi connectivity index (χ0v) is 5.78. The topological polar surface area (TPSA) is 72.5 Å². The monoisotopic (exact) mass is 145 g/mol. The lowest BCUT2D eigenvalue weighted by molar-refractivity contribution is -0.134. The van der Waals surface area contributed by atoms with E-state index in [2.05, 4.69) is 4.74 Å². The second kappa shape index (κ2) is 4.96. The number of aliphatic hydroxyl groups excluding tert-OH is 1. The first-order valence-corrected chi connectivity index (χ1v) is 2.83. The van der Waals surface area contributed by atoms with Gasteiger partial charge in [0.2, 0.25) is 0 Å². The molecule has 10 heavy (non-hydrogen) atoms. The third kappa shape index (κ3) is 4.05. The molecule has 3 N–H and O–H groups in total. The second-order valence-electron chi connectivity index (χ2n) is 1.73. The Bertz CT molecular complexity index is 133. The summed E-state index contributed by atoms with van der Waals surface area (Å²) in [6.07, 6.45) is 2.56. The first-order valence-electron chi connectivity index (χ1n) is 2.83. The molecule has 0 unspecified atom stereocenters. The molecule has 0 aliphatic heterocycles. The number of rotatable bonds is 3. The average Bonchev–Trinajstić information content (AvgIpc) is 1.99. The lowest BCUT2D eigenvalue weighted by atomic mass is 10.3. The van der Waals surface area contributed by atoms with Gasteiger partial charge in [0.05, 0.1) is 13.7 Å². The van der Waals surface area contributed by atoms with Gasteiger partial charge in [-0.2, -0.15) is 0 Å². The van der Waals surface area contributed by atoms with Gasteiger partial charge in [-0.15, -0.1) is 0 Å². The largest absolute Gasteiger partial charge is 0.466 e. The van der Waals surface area contributed by atoms with E-state index in [-0.39, 0.29) is 6.61 Å². The van der Waals surface area contributed by atoms with Gasteiger partial charge >= 0.3 is 5.97 Å². The van der Waals surface area contributed by atoms with Crippen molar-refractivity contribution in [2.75, 3.05) is 13.7 Å². The van der Waals surface area contributed by atoms with Crippen molar-refractivity contribution in [3.05, 3.63) is 12.2 Å². The SMILES string of the molecule is COC(=O)/C=C/[C@H](N)CO. The van der Waals surface area contributed by atoms with Crippen LogP contribution in [0.15, 0.2) is 12.2 Å². The number of methoxy groups -OCH3 is 1. The summed E-state index contributed by atoms with van der Waals surface area (Å²) in [5.41, 5.74) is 5.23. The molecule has 0 aliphatic rings. The highest BCUT2D eigenvalue weighted by atomic mass is 16.5. The fraction of sp³-hybridized carbons (Fsp3) is 0.500. The number of hydrogen-bond acceptors (Lipinski definition) is 4. The van der Waals surface area contributed by atoms with Crippen LogP contribution in [0.2, 0.25) is 0 Å². The number of nitrogens with two attached hydrogens (primary N) is 1. The molecular formula is C6H11NO3. The smallest absolute Gasteiger partial charge is 0.330 e. The van der Waals surface area contributed by atoms with E-state index >= 15 is 0 Å². The number of carbonyl (C=O) groups excluding carboxylic acids is 1. The highest BCUT2D eigenvalue weighted by Gasteiger charge is 1.94.